The molecule has 0 spiro atoms. The van der Waals surface area contributed by atoms with E-state index in [-0.39, 0.29) is 18.9 Å². The van der Waals surface area contributed by atoms with Crippen LogP contribution in [0.25, 0.3) is 5.78 Å². The van der Waals surface area contributed by atoms with Gasteiger partial charge in [0, 0.05) is 17.9 Å². The Labute approximate surface area is 150 Å². The van der Waals surface area contributed by atoms with Gasteiger partial charge >= 0.3 is 0 Å². The molecule has 0 fully saturated rings. The molecule has 0 saturated heterocycles. The second-order valence-corrected chi connectivity index (χ2v) is 6.05. The minimum Gasteiger partial charge on any atom is -0.497 e. The number of carbonyl (C=O) groups excluding carboxylic acids is 1. The first-order chi connectivity index (χ1) is 12.5. The van der Waals surface area contributed by atoms with E-state index >= 15 is 0 Å². The van der Waals surface area contributed by atoms with E-state index in [0.29, 0.717) is 22.9 Å². The zero-order valence-electron chi connectivity index (χ0n) is 14.9. The van der Waals surface area contributed by atoms with Gasteiger partial charge in [0.05, 0.1) is 19.6 Å². The lowest BCUT2D eigenvalue weighted by Gasteiger charge is -2.12. The third-order valence-corrected chi connectivity index (χ3v) is 3.97. The Morgan fingerprint density at radius 3 is 2.69 bits per heavy atom. The van der Waals surface area contributed by atoms with Crippen LogP contribution in [0.5, 0.6) is 5.75 Å². The van der Waals surface area contributed by atoms with E-state index in [9.17, 15) is 9.90 Å². The van der Waals surface area contributed by atoms with E-state index in [2.05, 4.69) is 20.4 Å². The van der Waals surface area contributed by atoms with E-state index in [4.69, 9.17) is 4.74 Å². The Hall–Kier alpha value is -3.00. The van der Waals surface area contributed by atoms with Gasteiger partial charge in [-0.1, -0.05) is 12.1 Å². The van der Waals surface area contributed by atoms with Crippen molar-refractivity contribution in [1.29, 1.82) is 0 Å². The van der Waals surface area contributed by atoms with Crippen molar-refractivity contribution < 1.29 is 14.6 Å². The van der Waals surface area contributed by atoms with Crippen LogP contribution in [0, 0.1) is 13.8 Å². The maximum atomic E-state index is 12.1. The Balaban J connectivity index is 1.59. The number of nitrogens with one attached hydrogen (secondary N) is 1. The smallest absolute Gasteiger partial charge is 0.252 e. The normalized spacial score (nSPS) is 12.2. The molecule has 8 nitrogen and oxygen atoms in total. The molecule has 0 saturated carbocycles. The summed E-state index contributed by atoms with van der Waals surface area (Å²) in [6.45, 7) is 3.90. The number of aryl methyl sites for hydroxylation is 2. The summed E-state index contributed by atoms with van der Waals surface area (Å²) in [6.07, 6.45) is -0.776. The molecule has 3 aromatic rings. The van der Waals surface area contributed by atoms with Crippen molar-refractivity contribution in [3.63, 3.8) is 0 Å². The van der Waals surface area contributed by atoms with Crippen molar-refractivity contribution >= 4 is 11.7 Å². The predicted molar refractivity (Wildman–Crippen MR) is 94.9 cm³/mol. The fourth-order valence-electron chi connectivity index (χ4n) is 2.64. The van der Waals surface area contributed by atoms with Crippen molar-refractivity contribution in [2.24, 2.45) is 0 Å². The van der Waals surface area contributed by atoms with Gasteiger partial charge in [0.25, 0.3) is 5.78 Å². The number of carbonyl (C=O) groups is 1. The zero-order valence-corrected chi connectivity index (χ0v) is 14.9. The number of hydrogen-bond donors (Lipinski definition) is 2. The molecule has 1 unspecified atom stereocenters. The summed E-state index contributed by atoms with van der Waals surface area (Å²) in [6, 6.07) is 8.94. The van der Waals surface area contributed by atoms with E-state index in [1.54, 1.807) is 35.9 Å². The first-order valence-electron chi connectivity index (χ1n) is 8.25. The first-order valence-corrected chi connectivity index (χ1v) is 8.25. The van der Waals surface area contributed by atoms with E-state index in [0.717, 1.165) is 11.4 Å². The number of hydrogen-bond acceptors (Lipinski definition) is 6. The Morgan fingerprint density at radius 2 is 2.00 bits per heavy atom. The lowest BCUT2D eigenvalue weighted by atomic mass is 10.1. The fourth-order valence-corrected chi connectivity index (χ4v) is 2.64. The SMILES string of the molecule is COc1ccc(C(O)CNC(=O)Cc2nc3nc(C)cc(C)n3n2)cc1. The Bertz CT molecular complexity index is 920. The minimum absolute atomic E-state index is 0.0250. The van der Waals surface area contributed by atoms with Crippen molar-refractivity contribution in [1.82, 2.24) is 24.9 Å². The van der Waals surface area contributed by atoms with Crippen LogP contribution in [-0.4, -0.2) is 44.3 Å². The number of methoxy groups -OCH3 is 1. The minimum atomic E-state index is -0.801. The van der Waals surface area contributed by atoms with Crippen LogP contribution in [0.15, 0.2) is 30.3 Å². The maximum absolute atomic E-state index is 12.1. The molecule has 3 rings (SSSR count). The third kappa shape index (κ3) is 3.97. The molecule has 8 heteroatoms. The molecule has 1 atom stereocenters. The molecule has 0 aliphatic carbocycles. The summed E-state index contributed by atoms with van der Waals surface area (Å²) in [5.74, 6) is 1.32. The van der Waals surface area contributed by atoms with Gasteiger partial charge in [-0.15, -0.1) is 5.10 Å². The highest BCUT2D eigenvalue weighted by Crippen LogP contribution is 2.17. The topological polar surface area (TPSA) is 102 Å². The van der Waals surface area contributed by atoms with Crippen LogP contribution in [0.4, 0.5) is 0 Å². The highest BCUT2D eigenvalue weighted by molar-refractivity contribution is 5.77. The lowest BCUT2D eigenvalue weighted by molar-refractivity contribution is -0.121. The zero-order chi connectivity index (χ0) is 18.7. The van der Waals surface area contributed by atoms with Crippen LogP contribution in [0.2, 0.25) is 0 Å². The van der Waals surface area contributed by atoms with Crippen LogP contribution < -0.4 is 10.1 Å². The summed E-state index contributed by atoms with van der Waals surface area (Å²) < 4.78 is 6.69. The number of benzene rings is 1. The lowest BCUT2D eigenvalue weighted by Crippen LogP contribution is -2.30. The highest BCUT2D eigenvalue weighted by atomic mass is 16.5. The molecule has 2 heterocycles. The number of nitrogens with zero attached hydrogens (tertiary/aromatic N) is 4. The van der Waals surface area contributed by atoms with Gasteiger partial charge in [0.2, 0.25) is 5.91 Å². The molecule has 2 N–H and O–H groups in total. The maximum Gasteiger partial charge on any atom is 0.252 e. The Morgan fingerprint density at radius 1 is 1.27 bits per heavy atom. The molecule has 0 radical (unpaired) electrons. The van der Waals surface area contributed by atoms with Crippen molar-refractivity contribution in [3.05, 3.63) is 53.1 Å². The molecule has 0 bridgehead atoms. The number of aromatic nitrogens is 4. The average Bonchev–Trinajstić information content (AvgIpc) is 3.02. The summed E-state index contributed by atoms with van der Waals surface area (Å²) in [5, 5.41) is 17.2. The van der Waals surface area contributed by atoms with Crippen LogP contribution in [0.3, 0.4) is 0 Å². The third-order valence-electron chi connectivity index (χ3n) is 3.97. The number of fused-ring (bicyclic) bond motifs is 1. The summed E-state index contributed by atoms with van der Waals surface area (Å²) in [7, 11) is 1.58. The van der Waals surface area contributed by atoms with E-state index in [1.165, 1.54) is 0 Å². The predicted octanol–water partition coefficient (Wildman–Crippen LogP) is 1.14. The number of aliphatic hydroxyl groups is 1. The number of rotatable bonds is 6. The molecule has 136 valence electrons. The monoisotopic (exact) mass is 355 g/mol. The summed E-state index contributed by atoms with van der Waals surface area (Å²) >= 11 is 0. The highest BCUT2D eigenvalue weighted by Gasteiger charge is 2.14. The van der Waals surface area contributed by atoms with Crippen molar-refractivity contribution in [2.75, 3.05) is 13.7 Å². The van der Waals surface area contributed by atoms with Gasteiger partial charge in [-0.25, -0.2) is 9.50 Å². The van der Waals surface area contributed by atoms with Gasteiger partial charge in [-0.05, 0) is 37.6 Å². The Kier molecular flexibility index (Phi) is 5.13. The summed E-state index contributed by atoms with van der Waals surface area (Å²) in [4.78, 5) is 20.7. The van der Waals surface area contributed by atoms with Gasteiger partial charge < -0.3 is 15.2 Å². The molecular formula is C18H21N5O3. The second-order valence-electron chi connectivity index (χ2n) is 6.05. The quantitative estimate of drug-likeness (QED) is 0.688. The number of ether oxygens (including phenoxy) is 1. The summed E-state index contributed by atoms with van der Waals surface area (Å²) in [5.41, 5.74) is 2.45. The largest absolute Gasteiger partial charge is 0.497 e. The molecule has 0 aliphatic heterocycles. The second kappa shape index (κ2) is 7.49. The standard InChI is InChI=1S/C18H21N5O3/c1-11-8-12(2)23-18(20-11)21-16(22-23)9-17(25)19-10-15(24)13-4-6-14(26-3)7-5-13/h4-8,15,24H,9-10H2,1-3H3,(H,19,25). The molecule has 1 aromatic carbocycles. The van der Waals surface area contributed by atoms with Crippen molar-refractivity contribution in [2.45, 2.75) is 26.4 Å². The van der Waals surface area contributed by atoms with Crippen molar-refractivity contribution in [3.8, 4) is 5.75 Å². The van der Waals surface area contributed by atoms with Gasteiger partial charge in [0.15, 0.2) is 5.82 Å². The number of aliphatic hydroxyl groups excluding tert-OH is 1. The van der Waals surface area contributed by atoms with Gasteiger partial charge in [0.1, 0.15) is 5.75 Å². The number of amides is 1. The van der Waals surface area contributed by atoms with Gasteiger partial charge in [-0.3, -0.25) is 4.79 Å². The van der Waals surface area contributed by atoms with E-state index < -0.39 is 6.10 Å². The van der Waals surface area contributed by atoms with Crippen LogP contribution >= 0.6 is 0 Å². The van der Waals surface area contributed by atoms with Gasteiger partial charge in [-0.2, -0.15) is 4.98 Å². The van der Waals surface area contributed by atoms with Crippen LogP contribution in [-0.2, 0) is 11.2 Å². The molecular weight excluding hydrogens is 334 g/mol. The van der Waals surface area contributed by atoms with E-state index in [1.807, 2.05) is 19.9 Å². The first kappa shape index (κ1) is 17.8. The molecule has 26 heavy (non-hydrogen) atoms. The molecule has 2 aromatic heterocycles. The molecule has 1 amide bonds. The van der Waals surface area contributed by atoms with Crippen LogP contribution in [0.1, 0.15) is 28.9 Å². The fraction of sp³-hybridized carbons (Fsp3) is 0.333. The average molecular weight is 355 g/mol. The molecule has 0 aliphatic rings.